The maximum Gasteiger partial charge on any atom is 0.177 e. The molecule has 0 amide bonds. The lowest BCUT2D eigenvalue weighted by Crippen LogP contribution is -2.38. The molecule has 21 heavy (non-hydrogen) atoms. The molecule has 1 aromatic carbocycles. The highest BCUT2D eigenvalue weighted by Crippen LogP contribution is 2.30. The van der Waals surface area contributed by atoms with E-state index in [0.717, 1.165) is 11.4 Å². The summed E-state index contributed by atoms with van der Waals surface area (Å²) in [5, 5.41) is 0. The molecule has 1 fully saturated rings. The van der Waals surface area contributed by atoms with Gasteiger partial charge < -0.3 is 14.1 Å². The second-order valence-corrected chi connectivity index (χ2v) is 7.04. The number of anilines is 1. The summed E-state index contributed by atoms with van der Waals surface area (Å²) in [6, 6.07) is 10.8. The zero-order valence-corrected chi connectivity index (χ0v) is 12.5. The van der Waals surface area contributed by atoms with Crippen molar-refractivity contribution in [1.82, 2.24) is 0 Å². The minimum Gasteiger partial charge on any atom is -0.467 e. The molecule has 1 unspecified atom stereocenters. The highest BCUT2D eigenvalue weighted by molar-refractivity contribution is 7.90. The van der Waals surface area contributed by atoms with Gasteiger partial charge in [0, 0.05) is 12.8 Å². The molecule has 1 aliphatic rings. The van der Waals surface area contributed by atoms with Gasteiger partial charge in [-0.25, -0.2) is 8.42 Å². The normalized spacial score (nSPS) is 19.7. The fourth-order valence-corrected chi connectivity index (χ4v) is 3.45. The fraction of sp³-hybridized carbons (Fsp3) is 0.333. The topological polar surface area (TPSA) is 59.8 Å². The zero-order chi connectivity index (χ0) is 14.9. The first-order valence-electron chi connectivity index (χ1n) is 6.75. The third-order valence-electron chi connectivity index (χ3n) is 3.53. The number of benzene rings is 1. The summed E-state index contributed by atoms with van der Waals surface area (Å²) in [4.78, 5) is 2.39. The van der Waals surface area contributed by atoms with Crippen LogP contribution in [0.4, 0.5) is 5.69 Å². The summed E-state index contributed by atoms with van der Waals surface area (Å²) in [7, 11) is -3.26. The molecule has 1 aliphatic heterocycles. The van der Waals surface area contributed by atoms with E-state index < -0.39 is 9.84 Å². The lowest BCUT2D eigenvalue weighted by Gasteiger charge is -2.34. The van der Waals surface area contributed by atoms with Crippen molar-refractivity contribution in [2.24, 2.45) is 0 Å². The number of rotatable bonds is 3. The number of hydrogen-bond donors (Lipinski definition) is 0. The molecule has 1 atom stereocenters. The van der Waals surface area contributed by atoms with Crippen molar-refractivity contribution < 1.29 is 17.6 Å². The second-order valence-electron chi connectivity index (χ2n) is 5.06. The zero-order valence-electron chi connectivity index (χ0n) is 11.7. The molecule has 0 N–H and O–H groups in total. The number of nitrogens with zero attached hydrogens (tertiary/aromatic N) is 1. The van der Waals surface area contributed by atoms with E-state index in [1.807, 2.05) is 29.2 Å². The maximum atomic E-state index is 11.9. The van der Waals surface area contributed by atoms with E-state index in [2.05, 4.69) is 0 Å². The van der Waals surface area contributed by atoms with Crippen LogP contribution in [0.25, 0.3) is 0 Å². The Morgan fingerprint density at radius 2 is 2.00 bits per heavy atom. The number of morpholine rings is 1. The Balaban J connectivity index is 1.91. The first kappa shape index (κ1) is 14.2. The quantitative estimate of drug-likeness (QED) is 0.870. The molecule has 1 aromatic heterocycles. The van der Waals surface area contributed by atoms with Crippen LogP contribution in [0.15, 0.2) is 52.0 Å². The molecule has 0 aliphatic carbocycles. The Morgan fingerprint density at radius 3 is 2.71 bits per heavy atom. The van der Waals surface area contributed by atoms with Gasteiger partial charge in [-0.3, -0.25) is 0 Å². The fourth-order valence-electron chi connectivity index (χ4n) is 2.55. The Labute approximate surface area is 124 Å². The molecule has 0 saturated carbocycles. The molecule has 2 heterocycles. The van der Waals surface area contributed by atoms with Crippen LogP contribution in [0.1, 0.15) is 11.9 Å². The molecular formula is C15H17NO4S. The molecule has 112 valence electrons. The van der Waals surface area contributed by atoms with Gasteiger partial charge >= 0.3 is 0 Å². The Bertz CT molecular complexity index is 709. The van der Waals surface area contributed by atoms with E-state index in [4.69, 9.17) is 9.15 Å². The van der Waals surface area contributed by atoms with Gasteiger partial charge in [0.2, 0.25) is 0 Å². The van der Waals surface area contributed by atoms with Crippen molar-refractivity contribution >= 4 is 15.5 Å². The minimum atomic E-state index is -3.26. The number of sulfone groups is 1. The first-order chi connectivity index (χ1) is 10.1. The highest BCUT2D eigenvalue weighted by atomic mass is 32.2. The highest BCUT2D eigenvalue weighted by Gasteiger charge is 2.26. The number of para-hydroxylation sites is 1. The van der Waals surface area contributed by atoms with Crippen molar-refractivity contribution in [3.05, 3.63) is 48.4 Å². The van der Waals surface area contributed by atoms with Crippen LogP contribution in [0.3, 0.4) is 0 Å². The van der Waals surface area contributed by atoms with E-state index in [9.17, 15) is 8.42 Å². The van der Waals surface area contributed by atoms with Gasteiger partial charge in [0.15, 0.2) is 9.84 Å². The van der Waals surface area contributed by atoms with Crippen molar-refractivity contribution in [2.75, 3.05) is 30.9 Å². The van der Waals surface area contributed by atoms with Crippen molar-refractivity contribution in [3.8, 4) is 0 Å². The second kappa shape index (κ2) is 5.54. The van der Waals surface area contributed by atoms with Gasteiger partial charge in [-0.2, -0.15) is 0 Å². The SMILES string of the molecule is CS(=O)(=O)c1ccccc1N1CCOC(c2ccco2)C1. The predicted molar refractivity (Wildman–Crippen MR) is 79.2 cm³/mol. The van der Waals surface area contributed by atoms with Crippen LogP contribution in [0.5, 0.6) is 0 Å². The first-order valence-corrected chi connectivity index (χ1v) is 8.64. The van der Waals surface area contributed by atoms with Crippen LogP contribution in [-0.4, -0.2) is 34.4 Å². The number of ether oxygens (including phenoxy) is 1. The van der Waals surface area contributed by atoms with Gasteiger partial charge in [0.25, 0.3) is 0 Å². The van der Waals surface area contributed by atoms with Crippen molar-refractivity contribution in [1.29, 1.82) is 0 Å². The molecular weight excluding hydrogens is 290 g/mol. The largest absolute Gasteiger partial charge is 0.467 e. The van der Waals surface area contributed by atoms with Crippen LogP contribution in [0, 0.1) is 0 Å². The third-order valence-corrected chi connectivity index (χ3v) is 4.68. The Kier molecular flexibility index (Phi) is 3.73. The van der Waals surface area contributed by atoms with E-state index in [0.29, 0.717) is 24.6 Å². The third kappa shape index (κ3) is 2.96. The summed E-state index contributed by atoms with van der Waals surface area (Å²) in [6.07, 6.45) is 2.67. The van der Waals surface area contributed by atoms with E-state index in [1.165, 1.54) is 6.26 Å². The summed E-state index contributed by atoms with van der Waals surface area (Å²) in [6.45, 7) is 1.76. The van der Waals surface area contributed by atoms with E-state index in [1.54, 1.807) is 18.4 Å². The van der Waals surface area contributed by atoms with Crippen LogP contribution >= 0.6 is 0 Å². The molecule has 5 nitrogen and oxygen atoms in total. The van der Waals surface area contributed by atoms with Gasteiger partial charge in [-0.1, -0.05) is 12.1 Å². The summed E-state index contributed by atoms with van der Waals surface area (Å²) >= 11 is 0. The maximum absolute atomic E-state index is 11.9. The monoisotopic (exact) mass is 307 g/mol. The molecule has 6 heteroatoms. The summed E-state index contributed by atoms with van der Waals surface area (Å²) in [5.74, 6) is 0.761. The Hall–Kier alpha value is -1.79. The predicted octanol–water partition coefficient (Wildman–Crippen LogP) is 2.26. The molecule has 2 aromatic rings. The average molecular weight is 307 g/mol. The molecule has 1 saturated heterocycles. The summed E-state index contributed by atoms with van der Waals surface area (Å²) < 4.78 is 35.0. The lowest BCUT2D eigenvalue weighted by molar-refractivity contribution is 0.0256. The number of furan rings is 1. The molecule has 0 radical (unpaired) electrons. The van der Waals surface area contributed by atoms with Gasteiger partial charge in [0.05, 0.1) is 30.0 Å². The van der Waals surface area contributed by atoms with Crippen molar-refractivity contribution in [2.45, 2.75) is 11.0 Å². The smallest absolute Gasteiger partial charge is 0.177 e. The Morgan fingerprint density at radius 1 is 1.19 bits per heavy atom. The van der Waals surface area contributed by atoms with Crippen LogP contribution in [0.2, 0.25) is 0 Å². The van der Waals surface area contributed by atoms with E-state index in [-0.39, 0.29) is 6.10 Å². The van der Waals surface area contributed by atoms with Gasteiger partial charge in [-0.15, -0.1) is 0 Å². The lowest BCUT2D eigenvalue weighted by atomic mass is 10.2. The van der Waals surface area contributed by atoms with Gasteiger partial charge in [-0.05, 0) is 24.3 Å². The van der Waals surface area contributed by atoms with E-state index >= 15 is 0 Å². The minimum absolute atomic E-state index is 0.179. The molecule has 0 spiro atoms. The number of hydrogen-bond acceptors (Lipinski definition) is 5. The standard InChI is InChI=1S/C15H17NO4S/c1-21(17,18)15-7-3-2-5-12(15)16-8-10-20-14(11-16)13-6-4-9-19-13/h2-7,9,14H,8,10-11H2,1H3. The molecule has 0 bridgehead atoms. The van der Waals surface area contributed by atoms with Crippen LogP contribution < -0.4 is 4.90 Å². The van der Waals surface area contributed by atoms with Crippen LogP contribution in [-0.2, 0) is 14.6 Å². The molecule has 3 rings (SSSR count). The van der Waals surface area contributed by atoms with Gasteiger partial charge in [0.1, 0.15) is 11.9 Å². The van der Waals surface area contributed by atoms with Crippen molar-refractivity contribution in [3.63, 3.8) is 0 Å². The average Bonchev–Trinajstić information content (AvgIpc) is 3.01. The summed E-state index contributed by atoms with van der Waals surface area (Å²) in [5.41, 5.74) is 0.722.